The van der Waals surface area contributed by atoms with Crippen LogP contribution in [0.25, 0.3) is 0 Å². The summed E-state index contributed by atoms with van der Waals surface area (Å²) in [5.41, 5.74) is 1.32. The van der Waals surface area contributed by atoms with Crippen molar-refractivity contribution in [1.82, 2.24) is 10.3 Å². The Balaban J connectivity index is 2.13. The first kappa shape index (κ1) is 10.4. The molecule has 0 amide bonds. The first-order valence-electron chi connectivity index (χ1n) is 5.81. The molecule has 1 saturated heterocycles. The normalized spacial score (nSPS) is 15.9. The van der Waals surface area contributed by atoms with Crippen molar-refractivity contribution in [3.8, 4) is 0 Å². The molecule has 3 nitrogen and oxygen atoms in total. The second-order valence-electron chi connectivity index (χ2n) is 3.96. The van der Waals surface area contributed by atoms with Crippen molar-refractivity contribution in [2.24, 2.45) is 0 Å². The van der Waals surface area contributed by atoms with Gasteiger partial charge in [0.25, 0.3) is 0 Å². The molecule has 1 N–H and O–H groups in total. The number of nitrogens with zero attached hydrogens (tertiary/aromatic N) is 2. The number of hydrogen-bond acceptors (Lipinski definition) is 3. The fourth-order valence-electron chi connectivity index (χ4n) is 2.04. The summed E-state index contributed by atoms with van der Waals surface area (Å²) in [4.78, 5) is 6.90. The Kier molecular flexibility index (Phi) is 3.56. The summed E-state index contributed by atoms with van der Waals surface area (Å²) in [6, 6.07) is 4.19. The number of aromatic nitrogens is 1. The molecule has 0 spiro atoms. The van der Waals surface area contributed by atoms with Gasteiger partial charge in [-0.15, -0.1) is 0 Å². The van der Waals surface area contributed by atoms with Gasteiger partial charge in [-0.3, -0.25) is 0 Å². The van der Waals surface area contributed by atoms with Crippen LogP contribution in [0.15, 0.2) is 18.3 Å². The Morgan fingerprint density at radius 2 is 2.20 bits per heavy atom. The van der Waals surface area contributed by atoms with Crippen molar-refractivity contribution < 1.29 is 0 Å². The Labute approximate surface area is 91.5 Å². The molecule has 0 aromatic carbocycles. The molecule has 0 atom stereocenters. The standard InChI is InChI=1S/C12H19N3/c1-2-13-10-11-6-5-7-14-12(11)15-8-3-4-9-15/h5-7,13H,2-4,8-10H2,1H3. The Morgan fingerprint density at radius 1 is 1.40 bits per heavy atom. The highest BCUT2D eigenvalue weighted by Crippen LogP contribution is 2.21. The molecule has 0 bridgehead atoms. The molecule has 0 radical (unpaired) electrons. The van der Waals surface area contributed by atoms with Crippen LogP contribution in [-0.4, -0.2) is 24.6 Å². The van der Waals surface area contributed by atoms with Crippen molar-refractivity contribution in [3.63, 3.8) is 0 Å². The third kappa shape index (κ3) is 2.48. The van der Waals surface area contributed by atoms with Crippen LogP contribution < -0.4 is 10.2 Å². The molecule has 15 heavy (non-hydrogen) atoms. The maximum atomic E-state index is 4.50. The zero-order valence-electron chi connectivity index (χ0n) is 9.37. The predicted molar refractivity (Wildman–Crippen MR) is 63.1 cm³/mol. The number of anilines is 1. The largest absolute Gasteiger partial charge is 0.356 e. The first-order chi connectivity index (χ1) is 7.42. The van der Waals surface area contributed by atoms with E-state index in [0.29, 0.717) is 0 Å². The molecule has 0 aliphatic carbocycles. The van der Waals surface area contributed by atoms with Gasteiger partial charge in [0.15, 0.2) is 0 Å². The molecule has 82 valence electrons. The van der Waals surface area contributed by atoms with Gasteiger partial charge in [-0.25, -0.2) is 4.98 Å². The molecule has 0 unspecified atom stereocenters. The average Bonchev–Trinajstić information content (AvgIpc) is 2.80. The summed E-state index contributed by atoms with van der Waals surface area (Å²) in [6.45, 7) is 6.39. The molecule has 1 aromatic rings. The lowest BCUT2D eigenvalue weighted by atomic mass is 10.2. The van der Waals surface area contributed by atoms with Crippen molar-refractivity contribution in [1.29, 1.82) is 0 Å². The molecule has 1 fully saturated rings. The number of rotatable bonds is 4. The fourth-order valence-corrected chi connectivity index (χ4v) is 2.04. The molecule has 3 heteroatoms. The van der Waals surface area contributed by atoms with E-state index in [2.05, 4.69) is 28.2 Å². The quantitative estimate of drug-likeness (QED) is 0.812. The van der Waals surface area contributed by atoms with E-state index in [4.69, 9.17) is 0 Å². The van der Waals surface area contributed by atoms with E-state index in [-0.39, 0.29) is 0 Å². The van der Waals surface area contributed by atoms with Crippen molar-refractivity contribution in [3.05, 3.63) is 23.9 Å². The maximum Gasteiger partial charge on any atom is 0.133 e. The molecular formula is C12H19N3. The zero-order chi connectivity index (χ0) is 10.5. The van der Waals surface area contributed by atoms with Gasteiger partial charge in [-0.05, 0) is 25.5 Å². The minimum atomic E-state index is 0.927. The minimum Gasteiger partial charge on any atom is -0.356 e. The number of pyridine rings is 1. The molecule has 1 aliphatic rings. The summed E-state index contributed by atoms with van der Waals surface area (Å²) in [6.07, 6.45) is 4.50. The minimum absolute atomic E-state index is 0.927. The van der Waals surface area contributed by atoms with Gasteiger partial charge in [0, 0.05) is 31.4 Å². The van der Waals surface area contributed by atoms with Crippen LogP contribution in [0.5, 0.6) is 0 Å². The van der Waals surface area contributed by atoms with Crippen molar-refractivity contribution in [2.75, 3.05) is 24.5 Å². The van der Waals surface area contributed by atoms with Crippen LogP contribution in [0.3, 0.4) is 0 Å². The van der Waals surface area contributed by atoms with E-state index >= 15 is 0 Å². The molecule has 1 aromatic heterocycles. The number of nitrogens with one attached hydrogen (secondary N) is 1. The van der Waals surface area contributed by atoms with Crippen LogP contribution in [0, 0.1) is 0 Å². The van der Waals surface area contributed by atoms with Crippen molar-refractivity contribution in [2.45, 2.75) is 26.3 Å². The summed E-state index contributed by atoms with van der Waals surface area (Å²) in [5.74, 6) is 1.18. The molecule has 2 rings (SSSR count). The highest BCUT2D eigenvalue weighted by atomic mass is 15.2. The fraction of sp³-hybridized carbons (Fsp3) is 0.583. The van der Waals surface area contributed by atoms with Gasteiger partial charge in [-0.1, -0.05) is 13.0 Å². The average molecular weight is 205 g/mol. The van der Waals surface area contributed by atoms with Crippen LogP contribution >= 0.6 is 0 Å². The van der Waals surface area contributed by atoms with E-state index in [0.717, 1.165) is 26.2 Å². The van der Waals surface area contributed by atoms with Gasteiger partial charge in [-0.2, -0.15) is 0 Å². The molecule has 1 aliphatic heterocycles. The highest BCUT2D eigenvalue weighted by Gasteiger charge is 2.15. The van der Waals surface area contributed by atoms with E-state index in [1.807, 2.05) is 12.3 Å². The summed E-state index contributed by atoms with van der Waals surface area (Å²) in [7, 11) is 0. The molecular weight excluding hydrogens is 186 g/mol. The SMILES string of the molecule is CCNCc1cccnc1N1CCCC1. The van der Waals surface area contributed by atoms with E-state index in [1.54, 1.807) is 0 Å². The van der Waals surface area contributed by atoms with Crippen LogP contribution in [-0.2, 0) is 6.54 Å². The monoisotopic (exact) mass is 205 g/mol. The third-order valence-corrected chi connectivity index (χ3v) is 2.84. The zero-order valence-corrected chi connectivity index (χ0v) is 9.37. The highest BCUT2D eigenvalue weighted by molar-refractivity contribution is 5.47. The summed E-state index contributed by atoms with van der Waals surface area (Å²) >= 11 is 0. The van der Waals surface area contributed by atoms with E-state index < -0.39 is 0 Å². The Hall–Kier alpha value is -1.09. The molecule has 0 saturated carbocycles. The lowest BCUT2D eigenvalue weighted by Crippen LogP contribution is -2.22. The Morgan fingerprint density at radius 3 is 2.93 bits per heavy atom. The second kappa shape index (κ2) is 5.12. The second-order valence-corrected chi connectivity index (χ2v) is 3.96. The van der Waals surface area contributed by atoms with Gasteiger partial charge in [0.2, 0.25) is 0 Å². The number of hydrogen-bond donors (Lipinski definition) is 1. The van der Waals surface area contributed by atoms with Gasteiger partial charge in [0.1, 0.15) is 5.82 Å². The first-order valence-corrected chi connectivity index (χ1v) is 5.81. The summed E-state index contributed by atoms with van der Waals surface area (Å²) in [5, 5.41) is 3.36. The smallest absolute Gasteiger partial charge is 0.133 e. The van der Waals surface area contributed by atoms with Crippen LogP contribution in [0.1, 0.15) is 25.3 Å². The topological polar surface area (TPSA) is 28.2 Å². The lowest BCUT2D eigenvalue weighted by Gasteiger charge is -2.19. The van der Waals surface area contributed by atoms with Crippen LogP contribution in [0.2, 0.25) is 0 Å². The van der Waals surface area contributed by atoms with E-state index in [1.165, 1.54) is 24.2 Å². The third-order valence-electron chi connectivity index (χ3n) is 2.84. The lowest BCUT2D eigenvalue weighted by molar-refractivity contribution is 0.720. The van der Waals surface area contributed by atoms with Gasteiger partial charge < -0.3 is 10.2 Å². The molecule has 2 heterocycles. The van der Waals surface area contributed by atoms with Gasteiger partial charge >= 0.3 is 0 Å². The maximum absolute atomic E-state index is 4.50. The summed E-state index contributed by atoms with van der Waals surface area (Å²) < 4.78 is 0. The van der Waals surface area contributed by atoms with Crippen LogP contribution in [0.4, 0.5) is 5.82 Å². The predicted octanol–water partition coefficient (Wildman–Crippen LogP) is 1.79. The van der Waals surface area contributed by atoms with Gasteiger partial charge in [0.05, 0.1) is 0 Å². The Bertz CT molecular complexity index is 305. The van der Waals surface area contributed by atoms with Crippen molar-refractivity contribution >= 4 is 5.82 Å². The van der Waals surface area contributed by atoms with E-state index in [9.17, 15) is 0 Å².